The van der Waals surface area contributed by atoms with E-state index < -0.39 is 0 Å². The van der Waals surface area contributed by atoms with Gasteiger partial charge in [-0.15, -0.1) is 0 Å². The van der Waals surface area contributed by atoms with Gasteiger partial charge in [0.1, 0.15) is 0 Å². The maximum atomic E-state index is 10.8. The minimum Gasteiger partial charge on any atom is -0.450 e. The third-order valence-corrected chi connectivity index (χ3v) is 1.34. The lowest BCUT2D eigenvalue weighted by atomic mass is 10.9. The van der Waals surface area contributed by atoms with Gasteiger partial charge in [-0.25, -0.2) is 4.79 Å². The Morgan fingerprint density at radius 2 is 2.50 bits per heavy atom. The van der Waals surface area contributed by atoms with Crippen LogP contribution in [0.4, 0.5) is 4.79 Å². The first kappa shape index (κ1) is 7.34. The summed E-state index contributed by atoms with van der Waals surface area (Å²) in [7, 11) is 1.57. The van der Waals surface area contributed by atoms with Gasteiger partial charge < -0.3 is 9.47 Å². The van der Waals surface area contributed by atoms with Gasteiger partial charge in [0.2, 0.25) is 0 Å². The molecule has 0 N–H and O–H groups in total. The topological polar surface area (TPSA) is 38.5 Å². The molecule has 0 bridgehead atoms. The van der Waals surface area contributed by atoms with Gasteiger partial charge in [0.25, 0.3) is 0 Å². The highest BCUT2D eigenvalue weighted by Gasteiger charge is 2.39. The van der Waals surface area contributed by atoms with Gasteiger partial charge in [0, 0.05) is 7.11 Å². The number of carbonyl (C=O) groups excluding carboxylic acids is 1. The molecule has 1 fully saturated rings. The summed E-state index contributed by atoms with van der Waals surface area (Å²) in [5, 5.41) is 0. The van der Waals surface area contributed by atoms with Crippen molar-refractivity contribution in [2.24, 2.45) is 0 Å². The number of hydrogen-bond acceptors (Lipinski definition) is 3. The third-order valence-electron chi connectivity index (χ3n) is 1.34. The minimum absolute atomic E-state index is 0.0425. The van der Waals surface area contributed by atoms with Crippen molar-refractivity contribution in [2.45, 2.75) is 13.2 Å². The van der Waals surface area contributed by atoms with Crippen molar-refractivity contribution in [2.75, 3.05) is 20.3 Å². The molecule has 58 valence electrons. The van der Waals surface area contributed by atoms with Crippen LogP contribution in [0.2, 0.25) is 0 Å². The van der Waals surface area contributed by atoms with Crippen LogP contribution in [0.3, 0.4) is 0 Å². The van der Waals surface area contributed by atoms with Gasteiger partial charge >= 0.3 is 6.09 Å². The number of methoxy groups -OCH3 is 1. The van der Waals surface area contributed by atoms with E-state index in [9.17, 15) is 4.79 Å². The van der Waals surface area contributed by atoms with E-state index in [4.69, 9.17) is 9.47 Å². The number of carbonyl (C=O) groups is 1. The van der Waals surface area contributed by atoms with Gasteiger partial charge in [0.05, 0.1) is 13.2 Å². The Morgan fingerprint density at radius 3 is 2.90 bits per heavy atom. The lowest BCUT2D eigenvalue weighted by molar-refractivity contribution is 0.0983. The molecule has 4 nitrogen and oxygen atoms in total. The van der Waals surface area contributed by atoms with Crippen molar-refractivity contribution in [3.8, 4) is 0 Å². The van der Waals surface area contributed by atoms with Gasteiger partial charge in [-0.1, -0.05) is 0 Å². The molecule has 0 spiro atoms. The summed E-state index contributed by atoms with van der Waals surface area (Å²) in [6, 6.07) is 0. The zero-order valence-electron chi connectivity index (χ0n) is 6.16. The predicted molar refractivity (Wildman–Crippen MR) is 34.5 cm³/mol. The molecule has 1 aliphatic rings. The molecule has 0 aromatic rings. The van der Waals surface area contributed by atoms with Crippen molar-refractivity contribution in [3.05, 3.63) is 0 Å². The van der Waals surface area contributed by atoms with E-state index in [1.165, 1.54) is 4.90 Å². The summed E-state index contributed by atoms with van der Waals surface area (Å²) in [5.74, 6) is 0. The van der Waals surface area contributed by atoms with Crippen LogP contribution in [-0.4, -0.2) is 37.5 Å². The molecule has 1 aliphatic heterocycles. The molecule has 1 rings (SSSR count). The Bertz CT molecular complexity index is 137. The van der Waals surface area contributed by atoms with Crippen LogP contribution in [0.25, 0.3) is 0 Å². The van der Waals surface area contributed by atoms with E-state index in [0.29, 0.717) is 13.2 Å². The monoisotopic (exact) mass is 145 g/mol. The molecule has 0 aromatic carbocycles. The highest BCUT2D eigenvalue weighted by atomic mass is 16.6. The largest absolute Gasteiger partial charge is 0.450 e. The summed E-state index contributed by atoms with van der Waals surface area (Å²) in [6.45, 7) is 2.87. The SMILES string of the molecule is CCOC(=O)N1CC1OC. The first-order chi connectivity index (χ1) is 4.79. The Balaban J connectivity index is 2.19. The van der Waals surface area contributed by atoms with Crippen LogP contribution in [0.15, 0.2) is 0 Å². The molecule has 1 unspecified atom stereocenters. The molecule has 0 radical (unpaired) electrons. The summed E-state index contributed by atoms with van der Waals surface area (Å²) >= 11 is 0. The first-order valence-electron chi connectivity index (χ1n) is 3.25. The second kappa shape index (κ2) is 2.88. The first-order valence-corrected chi connectivity index (χ1v) is 3.25. The highest BCUT2D eigenvalue weighted by Crippen LogP contribution is 2.18. The van der Waals surface area contributed by atoms with Crippen LogP contribution >= 0.6 is 0 Å². The zero-order chi connectivity index (χ0) is 7.56. The molecule has 0 saturated carbocycles. The fourth-order valence-corrected chi connectivity index (χ4v) is 0.721. The van der Waals surface area contributed by atoms with Gasteiger partial charge in [-0.05, 0) is 6.92 Å². The molecule has 1 atom stereocenters. The van der Waals surface area contributed by atoms with Crippen LogP contribution < -0.4 is 0 Å². The van der Waals surface area contributed by atoms with Gasteiger partial charge in [-0.2, -0.15) is 0 Å². The van der Waals surface area contributed by atoms with Crippen molar-refractivity contribution >= 4 is 6.09 Å². The number of ether oxygens (including phenoxy) is 2. The Kier molecular flexibility index (Phi) is 2.11. The standard InChI is InChI=1S/C6H11NO3/c1-3-10-6(8)7-4-5(7)9-2/h5H,3-4H2,1-2H3. The molecule has 1 saturated heterocycles. The average Bonchev–Trinajstić information content (AvgIpc) is 2.66. The number of hydrogen-bond donors (Lipinski definition) is 0. The summed E-state index contributed by atoms with van der Waals surface area (Å²) in [6.07, 6.45) is -0.326. The molecular formula is C6H11NO3. The normalized spacial score (nSPS) is 22.6. The van der Waals surface area contributed by atoms with Crippen LogP contribution in [0, 0.1) is 0 Å². The highest BCUT2D eigenvalue weighted by molar-refractivity contribution is 5.70. The van der Waals surface area contributed by atoms with Crippen LogP contribution in [-0.2, 0) is 9.47 Å². The van der Waals surface area contributed by atoms with Gasteiger partial charge in [-0.3, -0.25) is 4.90 Å². The van der Waals surface area contributed by atoms with E-state index in [1.54, 1.807) is 14.0 Å². The smallest absolute Gasteiger partial charge is 0.412 e. The molecule has 0 aliphatic carbocycles. The van der Waals surface area contributed by atoms with Gasteiger partial charge in [0.15, 0.2) is 6.23 Å². The summed E-state index contributed by atoms with van der Waals surface area (Å²) in [5.41, 5.74) is 0. The van der Waals surface area contributed by atoms with E-state index in [0.717, 1.165) is 0 Å². The molecule has 4 heteroatoms. The summed E-state index contributed by atoms with van der Waals surface area (Å²) < 4.78 is 9.57. The second-order valence-electron chi connectivity index (χ2n) is 2.04. The molecular weight excluding hydrogens is 134 g/mol. The Labute approximate surface area is 59.7 Å². The number of rotatable bonds is 2. The van der Waals surface area contributed by atoms with Crippen LogP contribution in [0.5, 0.6) is 0 Å². The van der Waals surface area contributed by atoms with Crippen molar-refractivity contribution in [1.82, 2.24) is 4.90 Å². The number of nitrogens with zero attached hydrogens (tertiary/aromatic N) is 1. The number of amides is 1. The molecule has 0 aromatic heterocycles. The molecule has 1 heterocycles. The maximum absolute atomic E-state index is 10.8. The predicted octanol–water partition coefficient (Wildman–Crippen LogP) is 0.431. The lowest BCUT2D eigenvalue weighted by Gasteiger charge is -2.01. The third kappa shape index (κ3) is 1.39. The van der Waals surface area contributed by atoms with Crippen molar-refractivity contribution < 1.29 is 14.3 Å². The van der Waals surface area contributed by atoms with E-state index in [2.05, 4.69) is 0 Å². The Morgan fingerprint density at radius 1 is 1.80 bits per heavy atom. The van der Waals surface area contributed by atoms with Crippen molar-refractivity contribution in [1.29, 1.82) is 0 Å². The quantitative estimate of drug-likeness (QED) is 0.529. The second-order valence-corrected chi connectivity index (χ2v) is 2.04. The maximum Gasteiger partial charge on any atom is 0.412 e. The zero-order valence-corrected chi connectivity index (χ0v) is 6.16. The van der Waals surface area contributed by atoms with E-state index in [1.807, 2.05) is 0 Å². The minimum atomic E-state index is -0.283. The fourth-order valence-electron chi connectivity index (χ4n) is 0.721. The average molecular weight is 145 g/mol. The Hall–Kier alpha value is -0.770. The lowest BCUT2D eigenvalue weighted by Crippen LogP contribution is -2.15. The molecule has 10 heavy (non-hydrogen) atoms. The summed E-state index contributed by atoms with van der Waals surface area (Å²) in [4.78, 5) is 12.3. The van der Waals surface area contributed by atoms with E-state index >= 15 is 0 Å². The van der Waals surface area contributed by atoms with Crippen LogP contribution in [0.1, 0.15) is 6.92 Å². The fraction of sp³-hybridized carbons (Fsp3) is 0.833. The van der Waals surface area contributed by atoms with E-state index in [-0.39, 0.29) is 12.3 Å². The van der Waals surface area contributed by atoms with Crippen molar-refractivity contribution in [3.63, 3.8) is 0 Å². The molecule has 1 amide bonds.